The van der Waals surface area contributed by atoms with Crippen molar-refractivity contribution in [3.05, 3.63) is 229 Å². The van der Waals surface area contributed by atoms with E-state index in [1.165, 1.54) is 25.1 Å². The summed E-state index contributed by atoms with van der Waals surface area (Å²) in [6, 6.07) is 68.0. The first-order chi connectivity index (χ1) is 29.7. The molecule has 0 atom stereocenters. The lowest BCUT2D eigenvalue weighted by Gasteiger charge is -2.29. The van der Waals surface area contributed by atoms with Gasteiger partial charge in [0.15, 0.2) is 0 Å². The van der Waals surface area contributed by atoms with Crippen molar-refractivity contribution in [2.24, 2.45) is 0 Å². The van der Waals surface area contributed by atoms with Crippen LogP contribution in [0.1, 0.15) is 16.7 Å². The molecule has 61 heavy (non-hydrogen) atoms. The quantitative estimate of drug-likeness (QED) is 0.134. The molecule has 0 aliphatic heterocycles. The Bertz CT molecular complexity index is 2870. The molecule has 0 nitrogen and oxygen atoms in total. The Morgan fingerprint density at radius 3 is 0.885 bits per heavy atom. The SMILES string of the molecule is Cc1cc(-c2ccc(-c3c(-c4ccccc4)c(-c4ccccc4)c(-c4ccc(-c5ccc(C)c(C(F)(F)F)c5)cc4)c(-c4ccccc4)c3-c3ccccc3)cc2)ccc1F. The molecule has 0 radical (unpaired) electrons. The van der Waals surface area contributed by atoms with E-state index in [1.807, 2.05) is 60.7 Å². The van der Waals surface area contributed by atoms with Crippen LogP contribution >= 0.6 is 0 Å². The first kappa shape index (κ1) is 39.2. The monoisotopic (exact) mass is 800 g/mol. The third-order valence-electron chi connectivity index (χ3n) is 11.5. The number of hydrogen-bond acceptors (Lipinski definition) is 0. The van der Waals surface area contributed by atoms with Crippen molar-refractivity contribution in [1.29, 1.82) is 0 Å². The fraction of sp³-hybridized carbons (Fsp3) is 0.0526. The maximum absolute atomic E-state index is 14.3. The van der Waals surface area contributed by atoms with Crippen LogP contribution < -0.4 is 0 Å². The summed E-state index contributed by atoms with van der Waals surface area (Å²) in [6.45, 7) is 3.27. The third-order valence-corrected chi connectivity index (χ3v) is 11.5. The molecule has 0 amide bonds. The van der Waals surface area contributed by atoms with Gasteiger partial charge in [0.2, 0.25) is 0 Å². The maximum atomic E-state index is 14.3. The minimum Gasteiger partial charge on any atom is -0.207 e. The van der Waals surface area contributed by atoms with Gasteiger partial charge >= 0.3 is 6.18 Å². The highest BCUT2D eigenvalue weighted by Crippen LogP contribution is 2.56. The van der Waals surface area contributed by atoms with E-state index in [2.05, 4.69) is 121 Å². The van der Waals surface area contributed by atoms with Crippen LogP contribution in [0.25, 0.3) is 89.0 Å². The predicted molar refractivity (Wildman–Crippen MR) is 244 cm³/mol. The van der Waals surface area contributed by atoms with Crippen molar-refractivity contribution >= 4 is 0 Å². The molecule has 0 N–H and O–H groups in total. The molecule has 0 bridgehead atoms. The number of halogens is 4. The molecule has 0 fully saturated rings. The summed E-state index contributed by atoms with van der Waals surface area (Å²) in [5.41, 5.74) is 15.5. The Morgan fingerprint density at radius 1 is 0.279 bits per heavy atom. The second-order valence-electron chi connectivity index (χ2n) is 15.4. The van der Waals surface area contributed by atoms with E-state index in [0.29, 0.717) is 16.7 Å². The van der Waals surface area contributed by atoms with Gasteiger partial charge in [-0.05, 0) is 132 Å². The van der Waals surface area contributed by atoms with Gasteiger partial charge in [-0.2, -0.15) is 13.2 Å². The predicted octanol–water partition coefficient (Wildman–Crippen LogP) is 16.8. The molecule has 0 heterocycles. The summed E-state index contributed by atoms with van der Waals surface area (Å²) >= 11 is 0. The Morgan fingerprint density at radius 2 is 0.557 bits per heavy atom. The molecular formula is C57H40F4. The van der Waals surface area contributed by atoms with Gasteiger partial charge in [0, 0.05) is 0 Å². The van der Waals surface area contributed by atoms with Crippen LogP contribution in [-0.2, 0) is 6.18 Å². The van der Waals surface area contributed by atoms with Crippen LogP contribution in [0, 0.1) is 19.7 Å². The number of alkyl halides is 3. The van der Waals surface area contributed by atoms with Crippen LogP contribution in [-0.4, -0.2) is 0 Å². The molecule has 9 rings (SSSR count). The topological polar surface area (TPSA) is 0 Å². The molecule has 296 valence electrons. The number of aryl methyl sites for hydroxylation is 2. The van der Waals surface area contributed by atoms with Crippen molar-refractivity contribution in [3.63, 3.8) is 0 Å². The van der Waals surface area contributed by atoms with E-state index in [-0.39, 0.29) is 11.4 Å². The molecule has 0 aromatic heterocycles. The smallest absolute Gasteiger partial charge is 0.207 e. The average Bonchev–Trinajstić information content (AvgIpc) is 3.30. The zero-order valence-electron chi connectivity index (χ0n) is 33.6. The van der Waals surface area contributed by atoms with Gasteiger partial charge in [-0.15, -0.1) is 0 Å². The molecule has 0 unspecified atom stereocenters. The summed E-state index contributed by atoms with van der Waals surface area (Å²) in [6.07, 6.45) is -4.46. The molecule has 0 saturated carbocycles. The molecular weight excluding hydrogens is 761 g/mol. The van der Waals surface area contributed by atoms with Crippen LogP contribution in [0.3, 0.4) is 0 Å². The fourth-order valence-electron chi connectivity index (χ4n) is 8.49. The Kier molecular flexibility index (Phi) is 10.5. The van der Waals surface area contributed by atoms with Gasteiger partial charge < -0.3 is 0 Å². The second kappa shape index (κ2) is 16.4. The zero-order chi connectivity index (χ0) is 42.1. The molecule has 9 aromatic carbocycles. The van der Waals surface area contributed by atoms with Crippen LogP contribution in [0.4, 0.5) is 17.6 Å². The van der Waals surface area contributed by atoms with E-state index in [9.17, 15) is 17.6 Å². The largest absolute Gasteiger partial charge is 0.416 e. The summed E-state index contributed by atoms with van der Waals surface area (Å²) in [5.74, 6) is -0.234. The molecule has 0 aliphatic rings. The lowest BCUT2D eigenvalue weighted by atomic mass is 9.74. The van der Waals surface area contributed by atoms with Crippen molar-refractivity contribution in [3.8, 4) is 89.0 Å². The van der Waals surface area contributed by atoms with Crippen molar-refractivity contribution < 1.29 is 17.6 Å². The average molecular weight is 801 g/mol. The fourth-order valence-corrected chi connectivity index (χ4v) is 8.49. The van der Waals surface area contributed by atoms with Crippen LogP contribution in [0.2, 0.25) is 0 Å². The Labute approximate surface area is 354 Å². The lowest BCUT2D eigenvalue weighted by molar-refractivity contribution is -0.138. The molecule has 0 aliphatic carbocycles. The minimum absolute atomic E-state index is 0.190. The van der Waals surface area contributed by atoms with E-state index >= 15 is 0 Å². The third kappa shape index (κ3) is 7.69. The summed E-state index contributed by atoms with van der Waals surface area (Å²) in [5, 5.41) is 0. The summed E-state index contributed by atoms with van der Waals surface area (Å²) < 4.78 is 56.5. The van der Waals surface area contributed by atoms with Gasteiger partial charge in [-0.1, -0.05) is 188 Å². The highest BCUT2D eigenvalue weighted by Gasteiger charge is 2.33. The first-order valence-corrected chi connectivity index (χ1v) is 20.3. The maximum Gasteiger partial charge on any atom is 0.416 e. The van der Waals surface area contributed by atoms with E-state index in [1.54, 1.807) is 13.0 Å². The van der Waals surface area contributed by atoms with Gasteiger partial charge in [-0.3, -0.25) is 0 Å². The Balaban J connectivity index is 1.41. The number of rotatable bonds is 8. The van der Waals surface area contributed by atoms with Gasteiger partial charge in [0.1, 0.15) is 5.82 Å². The zero-order valence-corrected chi connectivity index (χ0v) is 33.6. The van der Waals surface area contributed by atoms with E-state index in [4.69, 9.17) is 0 Å². The highest BCUT2D eigenvalue weighted by atomic mass is 19.4. The molecule has 4 heteroatoms. The first-order valence-electron chi connectivity index (χ1n) is 20.3. The molecule has 0 saturated heterocycles. The van der Waals surface area contributed by atoms with Gasteiger partial charge in [0.25, 0.3) is 0 Å². The second-order valence-corrected chi connectivity index (χ2v) is 15.4. The molecule has 9 aromatic rings. The van der Waals surface area contributed by atoms with Gasteiger partial charge in [-0.25, -0.2) is 4.39 Å². The van der Waals surface area contributed by atoms with Crippen molar-refractivity contribution in [2.75, 3.05) is 0 Å². The van der Waals surface area contributed by atoms with Crippen LogP contribution in [0.5, 0.6) is 0 Å². The minimum atomic E-state index is -4.46. The summed E-state index contributed by atoms with van der Waals surface area (Å²) in [7, 11) is 0. The summed E-state index contributed by atoms with van der Waals surface area (Å²) in [4.78, 5) is 0. The standard InChI is InChI=1S/C57H40F4/c1-37-23-24-48(36-49(37)57(59,60)61)40-27-31-46(32-28-40)56-53(43-19-11-5-12-20-43)51(41-15-7-3-8-16-41)55(45-29-25-39(26-30-45)47-33-34-50(58)38(2)35-47)52(42-17-9-4-10-18-42)54(56)44-21-13-6-14-22-44/h3-36H,1-2H3. The van der Waals surface area contributed by atoms with Crippen molar-refractivity contribution in [1.82, 2.24) is 0 Å². The van der Waals surface area contributed by atoms with Crippen molar-refractivity contribution in [2.45, 2.75) is 20.0 Å². The lowest BCUT2D eigenvalue weighted by Crippen LogP contribution is -2.07. The van der Waals surface area contributed by atoms with Gasteiger partial charge in [0.05, 0.1) is 5.56 Å². The molecule has 0 spiro atoms. The van der Waals surface area contributed by atoms with E-state index in [0.717, 1.165) is 77.9 Å². The number of benzene rings is 9. The van der Waals surface area contributed by atoms with Crippen LogP contribution in [0.15, 0.2) is 206 Å². The Hall–Kier alpha value is -7.30. The number of hydrogen-bond donors (Lipinski definition) is 0. The van der Waals surface area contributed by atoms with E-state index < -0.39 is 11.7 Å². The highest BCUT2D eigenvalue weighted by molar-refractivity contribution is 6.15. The normalized spacial score (nSPS) is 11.4.